The molecule has 1 heterocycles. The normalized spacial score (nSPS) is 10.6. The summed E-state index contributed by atoms with van der Waals surface area (Å²) in [7, 11) is 0. The van der Waals surface area contributed by atoms with E-state index in [1.54, 1.807) is 0 Å². The van der Waals surface area contributed by atoms with E-state index in [1.807, 2.05) is 6.20 Å². The summed E-state index contributed by atoms with van der Waals surface area (Å²) in [5, 5.41) is 0. The highest BCUT2D eigenvalue weighted by molar-refractivity contribution is 7.71. The van der Waals surface area contributed by atoms with Crippen LogP contribution in [0.1, 0.15) is 16.7 Å². The Morgan fingerprint density at radius 1 is 1.07 bits per heavy atom. The lowest BCUT2D eigenvalue weighted by Gasteiger charge is -2.09. The van der Waals surface area contributed by atoms with E-state index >= 15 is 0 Å². The van der Waals surface area contributed by atoms with E-state index in [4.69, 9.17) is 12.2 Å². The number of aryl methyl sites for hydroxylation is 1. The van der Waals surface area contributed by atoms with E-state index < -0.39 is 0 Å². The fraction of sp³-hybridized carbons (Fsp3) is 0.250. The fourth-order valence-electron chi connectivity index (χ4n) is 1.73. The zero-order chi connectivity index (χ0) is 11.0. The van der Waals surface area contributed by atoms with Crippen molar-refractivity contribution in [1.29, 1.82) is 0 Å². The van der Waals surface area contributed by atoms with Crippen molar-refractivity contribution in [2.75, 3.05) is 0 Å². The number of benzene rings is 1. The molecule has 1 aromatic heterocycles. The first-order valence-corrected chi connectivity index (χ1v) is 5.35. The SMILES string of the molecule is Cc1ccc(-c2c[nH]c(=S)[nH]2)c(C)c1C. The molecule has 0 atom stereocenters. The third-order valence-electron chi connectivity index (χ3n) is 2.94. The minimum atomic E-state index is 0.669. The molecule has 0 saturated carbocycles. The molecule has 2 N–H and O–H groups in total. The van der Waals surface area contributed by atoms with Gasteiger partial charge in [0.1, 0.15) is 0 Å². The zero-order valence-electron chi connectivity index (χ0n) is 9.14. The van der Waals surface area contributed by atoms with Crippen molar-refractivity contribution in [1.82, 2.24) is 9.97 Å². The summed E-state index contributed by atoms with van der Waals surface area (Å²) in [5.74, 6) is 0. The van der Waals surface area contributed by atoms with Crippen LogP contribution in [-0.4, -0.2) is 9.97 Å². The van der Waals surface area contributed by atoms with E-state index in [1.165, 1.54) is 22.3 Å². The number of aromatic amines is 2. The smallest absolute Gasteiger partial charge is 0.174 e. The molecule has 0 amide bonds. The predicted octanol–water partition coefficient (Wildman–Crippen LogP) is 3.66. The first-order chi connectivity index (χ1) is 7.09. The Kier molecular flexibility index (Phi) is 2.49. The Morgan fingerprint density at radius 2 is 1.80 bits per heavy atom. The van der Waals surface area contributed by atoms with Crippen molar-refractivity contribution in [2.24, 2.45) is 0 Å². The second kappa shape index (κ2) is 3.66. The minimum absolute atomic E-state index is 0.669. The van der Waals surface area contributed by atoms with Gasteiger partial charge in [0.05, 0.1) is 5.69 Å². The molecule has 2 aromatic rings. The number of H-pyrrole nitrogens is 2. The molecule has 3 heteroatoms. The number of aromatic nitrogens is 2. The number of nitrogens with one attached hydrogen (secondary N) is 2. The zero-order valence-corrected chi connectivity index (χ0v) is 9.96. The van der Waals surface area contributed by atoms with Gasteiger partial charge in [-0.05, 0) is 49.7 Å². The molecule has 0 aliphatic heterocycles. The van der Waals surface area contributed by atoms with Crippen LogP contribution in [0.2, 0.25) is 0 Å². The number of imidazole rings is 1. The maximum Gasteiger partial charge on any atom is 0.174 e. The van der Waals surface area contributed by atoms with Crippen LogP contribution >= 0.6 is 12.2 Å². The molecule has 0 fully saturated rings. The lowest BCUT2D eigenvalue weighted by molar-refractivity contribution is 1.24. The molecule has 78 valence electrons. The van der Waals surface area contributed by atoms with Gasteiger partial charge in [0.2, 0.25) is 0 Å². The Bertz CT molecular complexity index is 549. The van der Waals surface area contributed by atoms with Gasteiger partial charge < -0.3 is 9.97 Å². The summed E-state index contributed by atoms with van der Waals surface area (Å²) >= 11 is 5.02. The molecule has 0 spiro atoms. The van der Waals surface area contributed by atoms with Gasteiger partial charge in [0, 0.05) is 11.8 Å². The van der Waals surface area contributed by atoms with Gasteiger partial charge in [-0.2, -0.15) is 0 Å². The lowest BCUT2D eigenvalue weighted by Crippen LogP contribution is -1.90. The van der Waals surface area contributed by atoms with Gasteiger partial charge in [-0.25, -0.2) is 0 Å². The average molecular weight is 218 g/mol. The second-order valence-electron chi connectivity index (χ2n) is 3.84. The van der Waals surface area contributed by atoms with Crippen LogP contribution in [0.15, 0.2) is 18.3 Å². The number of hydrogen-bond acceptors (Lipinski definition) is 1. The molecular formula is C12H14N2S. The highest BCUT2D eigenvalue weighted by Gasteiger charge is 2.06. The fourth-order valence-corrected chi connectivity index (χ4v) is 1.89. The van der Waals surface area contributed by atoms with Crippen LogP contribution in [0.5, 0.6) is 0 Å². The summed E-state index contributed by atoms with van der Waals surface area (Å²) in [6, 6.07) is 4.27. The van der Waals surface area contributed by atoms with Gasteiger partial charge >= 0.3 is 0 Å². The molecule has 15 heavy (non-hydrogen) atoms. The Morgan fingerprint density at radius 3 is 2.40 bits per heavy atom. The van der Waals surface area contributed by atoms with E-state index in [0.29, 0.717) is 4.77 Å². The van der Waals surface area contributed by atoms with Crippen LogP contribution in [0, 0.1) is 25.5 Å². The molecule has 0 aliphatic rings. The van der Waals surface area contributed by atoms with Gasteiger partial charge in [-0.15, -0.1) is 0 Å². The van der Waals surface area contributed by atoms with Gasteiger partial charge in [-0.1, -0.05) is 12.1 Å². The Hall–Kier alpha value is -1.35. The molecule has 2 nitrogen and oxygen atoms in total. The van der Waals surface area contributed by atoms with Crippen molar-refractivity contribution in [3.63, 3.8) is 0 Å². The number of rotatable bonds is 1. The third kappa shape index (κ3) is 1.75. The molecular weight excluding hydrogens is 204 g/mol. The van der Waals surface area contributed by atoms with Gasteiger partial charge in [0.15, 0.2) is 4.77 Å². The maximum atomic E-state index is 5.02. The molecule has 0 unspecified atom stereocenters. The highest BCUT2D eigenvalue weighted by atomic mass is 32.1. The largest absolute Gasteiger partial charge is 0.337 e. The van der Waals surface area contributed by atoms with E-state index in [2.05, 4.69) is 42.9 Å². The van der Waals surface area contributed by atoms with Gasteiger partial charge in [0.25, 0.3) is 0 Å². The molecule has 0 aliphatic carbocycles. The standard InChI is InChI=1S/C12H14N2S/c1-7-4-5-10(9(3)8(7)2)11-6-13-12(15)14-11/h4-6H,1-3H3,(H2,13,14,15). The molecule has 0 bridgehead atoms. The molecule has 0 saturated heterocycles. The number of hydrogen-bond donors (Lipinski definition) is 2. The summed E-state index contributed by atoms with van der Waals surface area (Å²) in [4.78, 5) is 6.13. The molecule has 0 radical (unpaired) electrons. The topological polar surface area (TPSA) is 31.6 Å². The van der Waals surface area contributed by atoms with E-state index in [-0.39, 0.29) is 0 Å². The van der Waals surface area contributed by atoms with Crippen LogP contribution in [0.25, 0.3) is 11.3 Å². The Balaban J connectivity index is 2.64. The van der Waals surface area contributed by atoms with Crippen molar-refractivity contribution in [2.45, 2.75) is 20.8 Å². The third-order valence-corrected chi connectivity index (χ3v) is 3.16. The van der Waals surface area contributed by atoms with Crippen LogP contribution < -0.4 is 0 Å². The van der Waals surface area contributed by atoms with Crippen LogP contribution in [0.4, 0.5) is 0 Å². The van der Waals surface area contributed by atoms with Crippen molar-refractivity contribution in [3.8, 4) is 11.3 Å². The summed E-state index contributed by atoms with van der Waals surface area (Å²) < 4.78 is 0.669. The lowest BCUT2D eigenvalue weighted by atomic mass is 9.97. The minimum Gasteiger partial charge on any atom is -0.337 e. The van der Waals surface area contributed by atoms with Crippen molar-refractivity contribution in [3.05, 3.63) is 39.8 Å². The quantitative estimate of drug-likeness (QED) is 0.703. The predicted molar refractivity (Wildman–Crippen MR) is 65.6 cm³/mol. The van der Waals surface area contributed by atoms with Crippen molar-refractivity contribution >= 4 is 12.2 Å². The first-order valence-electron chi connectivity index (χ1n) is 4.94. The van der Waals surface area contributed by atoms with E-state index in [0.717, 1.165) is 5.69 Å². The van der Waals surface area contributed by atoms with Crippen molar-refractivity contribution < 1.29 is 0 Å². The van der Waals surface area contributed by atoms with Crippen LogP contribution in [0.3, 0.4) is 0 Å². The van der Waals surface area contributed by atoms with Gasteiger partial charge in [-0.3, -0.25) is 0 Å². The van der Waals surface area contributed by atoms with E-state index in [9.17, 15) is 0 Å². The molecule has 2 rings (SSSR count). The molecule has 1 aromatic carbocycles. The second-order valence-corrected chi connectivity index (χ2v) is 4.24. The summed E-state index contributed by atoms with van der Waals surface area (Å²) in [6.07, 6.45) is 1.92. The summed E-state index contributed by atoms with van der Waals surface area (Å²) in [6.45, 7) is 6.42. The summed E-state index contributed by atoms with van der Waals surface area (Å²) in [5.41, 5.74) is 6.24. The Labute approximate surface area is 94.4 Å². The maximum absolute atomic E-state index is 5.02. The highest BCUT2D eigenvalue weighted by Crippen LogP contribution is 2.25. The first kappa shape index (κ1) is 10.2. The van der Waals surface area contributed by atoms with Crippen LogP contribution in [-0.2, 0) is 0 Å². The monoisotopic (exact) mass is 218 g/mol. The average Bonchev–Trinajstić information content (AvgIpc) is 2.61.